The van der Waals surface area contributed by atoms with E-state index in [1.165, 1.54) is 19.3 Å². The third-order valence-electron chi connectivity index (χ3n) is 3.88. The van der Waals surface area contributed by atoms with Crippen molar-refractivity contribution < 1.29 is 0 Å². The largest absolute Gasteiger partial charge is 0.0887 e. The Morgan fingerprint density at radius 1 is 1.09 bits per heavy atom. The second-order valence-corrected chi connectivity index (χ2v) is 5.46. The minimum atomic E-state index is 0.840. The van der Waals surface area contributed by atoms with Crippen molar-refractivity contribution >= 4 is 15.9 Å². The molecule has 1 unspecified atom stereocenters. The highest BCUT2D eigenvalue weighted by atomic mass is 79.9. The van der Waals surface area contributed by atoms with Crippen molar-refractivity contribution in [2.45, 2.75) is 24.1 Å². The average Bonchev–Trinajstić information content (AvgIpc) is 2.60. The van der Waals surface area contributed by atoms with Gasteiger partial charge in [-0.05, 0) is 42.9 Å². The van der Waals surface area contributed by atoms with E-state index >= 15 is 0 Å². The standard InChI is InChI=1S/C10H13Br/c11-9-4-3-8-6-1-2-7(5-6)10(8)9/h1-2,6-10H,3-5H2/t6-,7+,8-,9?,10+/m1/s1. The third-order valence-corrected chi connectivity index (χ3v) is 4.95. The van der Waals surface area contributed by atoms with Crippen molar-refractivity contribution in [3.05, 3.63) is 12.2 Å². The Bertz CT molecular complexity index is 209. The fourth-order valence-electron chi connectivity index (χ4n) is 3.45. The summed E-state index contributed by atoms with van der Waals surface area (Å²) in [7, 11) is 0. The van der Waals surface area contributed by atoms with Crippen molar-refractivity contribution in [2.75, 3.05) is 0 Å². The lowest BCUT2D eigenvalue weighted by Crippen LogP contribution is -2.18. The average molecular weight is 213 g/mol. The second-order valence-electron chi connectivity index (χ2n) is 4.28. The summed E-state index contributed by atoms with van der Waals surface area (Å²) in [5.74, 6) is 3.96. The molecule has 0 aliphatic heterocycles. The lowest BCUT2D eigenvalue weighted by atomic mass is 9.86. The highest BCUT2D eigenvalue weighted by Gasteiger charge is 2.50. The minimum absolute atomic E-state index is 0.840. The van der Waals surface area contributed by atoms with Gasteiger partial charge >= 0.3 is 0 Å². The van der Waals surface area contributed by atoms with Crippen LogP contribution < -0.4 is 0 Å². The molecule has 2 bridgehead atoms. The third kappa shape index (κ3) is 0.756. The van der Waals surface area contributed by atoms with Gasteiger partial charge in [-0.2, -0.15) is 0 Å². The predicted octanol–water partition coefficient (Wildman–Crippen LogP) is 2.98. The smallest absolute Gasteiger partial charge is 0.0182 e. The van der Waals surface area contributed by atoms with Crippen LogP contribution in [0.1, 0.15) is 19.3 Å². The number of halogens is 1. The van der Waals surface area contributed by atoms with Crippen LogP contribution in [0.15, 0.2) is 12.2 Å². The maximum absolute atomic E-state index is 3.81. The van der Waals surface area contributed by atoms with Gasteiger partial charge in [0.05, 0.1) is 0 Å². The van der Waals surface area contributed by atoms with Gasteiger partial charge < -0.3 is 0 Å². The molecule has 0 aromatic heterocycles. The van der Waals surface area contributed by atoms with Crippen molar-refractivity contribution in [3.63, 3.8) is 0 Å². The Morgan fingerprint density at radius 3 is 2.73 bits per heavy atom. The summed E-state index contributed by atoms with van der Waals surface area (Å²) in [4.78, 5) is 0.840. The van der Waals surface area contributed by atoms with Crippen LogP contribution in [0, 0.1) is 23.7 Å². The molecule has 3 rings (SSSR count). The predicted molar refractivity (Wildman–Crippen MR) is 49.7 cm³/mol. The van der Waals surface area contributed by atoms with E-state index in [-0.39, 0.29) is 0 Å². The van der Waals surface area contributed by atoms with E-state index in [9.17, 15) is 0 Å². The van der Waals surface area contributed by atoms with Gasteiger partial charge in [0.2, 0.25) is 0 Å². The monoisotopic (exact) mass is 212 g/mol. The zero-order valence-corrected chi connectivity index (χ0v) is 8.13. The maximum Gasteiger partial charge on any atom is 0.0182 e. The van der Waals surface area contributed by atoms with Crippen LogP contribution in [-0.2, 0) is 0 Å². The van der Waals surface area contributed by atoms with Gasteiger partial charge in [0.15, 0.2) is 0 Å². The summed E-state index contributed by atoms with van der Waals surface area (Å²) in [5, 5.41) is 0. The van der Waals surface area contributed by atoms with E-state index in [0.29, 0.717) is 0 Å². The van der Waals surface area contributed by atoms with Gasteiger partial charge in [0.25, 0.3) is 0 Å². The van der Waals surface area contributed by atoms with Crippen LogP contribution in [0.4, 0.5) is 0 Å². The van der Waals surface area contributed by atoms with Gasteiger partial charge in [-0.3, -0.25) is 0 Å². The molecule has 0 radical (unpaired) electrons. The van der Waals surface area contributed by atoms with Gasteiger partial charge in [-0.15, -0.1) is 0 Å². The first-order valence-electron chi connectivity index (χ1n) is 4.68. The van der Waals surface area contributed by atoms with Crippen LogP contribution >= 0.6 is 15.9 Å². The van der Waals surface area contributed by atoms with Crippen molar-refractivity contribution in [2.24, 2.45) is 23.7 Å². The molecule has 2 saturated carbocycles. The number of hydrogen-bond acceptors (Lipinski definition) is 0. The van der Waals surface area contributed by atoms with Crippen LogP contribution in [0.25, 0.3) is 0 Å². The molecule has 0 heterocycles. The maximum atomic E-state index is 3.81. The topological polar surface area (TPSA) is 0 Å². The van der Waals surface area contributed by atoms with Gasteiger partial charge in [-0.1, -0.05) is 28.1 Å². The lowest BCUT2D eigenvalue weighted by Gasteiger charge is -2.22. The summed E-state index contributed by atoms with van der Waals surface area (Å²) in [5.41, 5.74) is 0. The van der Waals surface area contributed by atoms with Crippen LogP contribution in [-0.4, -0.2) is 4.83 Å². The molecule has 1 heteroatoms. The first-order chi connectivity index (χ1) is 5.36. The van der Waals surface area contributed by atoms with E-state index in [0.717, 1.165) is 28.5 Å². The number of fused-ring (bicyclic) bond motifs is 5. The fraction of sp³-hybridized carbons (Fsp3) is 0.800. The second kappa shape index (κ2) is 2.12. The van der Waals surface area contributed by atoms with E-state index in [1.807, 2.05) is 0 Å². The van der Waals surface area contributed by atoms with E-state index in [4.69, 9.17) is 0 Å². The Balaban J connectivity index is 1.97. The summed E-state index contributed by atoms with van der Waals surface area (Å²) in [6.45, 7) is 0. The van der Waals surface area contributed by atoms with Crippen molar-refractivity contribution in [3.8, 4) is 0 Å². The highest BCUT2D eigenvalue weighted by Crippen LogP contribution is 2.57. The molecule has 0 N–H and O–H groups in total. The Labute approximate surface area is 76.2 Å². The first kappa shape index (κ1) is 6.71. The normalized spacial score (nSPS) is 58.8. The van der Waals surface area contributed by atoms with Crippen LogP contribution in [0.3, 0.4) is 0 Å². The minimum Gasteiger partial charge on any atom is -0.0887 e. The Hall–Kier alpha value is 0.220. The van der Waals surface area contributed by atoms with Crippen LogP contribution in [0.2, 0.25) is 0 Å². The van der Waals surface area contributed by atoms with E-state index < -0.39 is 0 Å². The molecule has 0 saturated heterocycles. The van der Waals surface area contributed by atoms with E-state index in [2.05, 4.69) is 28.1 Å². The molecule has 0 spiro atoms. The van der Waals surface area contributed by atoms with E-state index in [1.54, 1.807) is 0 Å². The van der Waals surface area contributed by atoms with Gasteiger partial charge in [0.1, 0.15) is 0 Å². The molecule has 2 fully saturated rings. The zero-order valence-electron chi connectivity index (χ0n) is 6.54. The SMILES string of the molecule is BrC1CC[C@H]2[C@@H]1[C@H]1C=C[C@@H]2C1. The van der Waals surface area contributed by atoms with Crippen molar-refractivity contribution in [1.82, 2.24) is 0 Å². The molecule has 0 amide bonds. The fourth-order valence-corrected chi connectivity index (χ4v) is 4.50. The molecule has 3 aliphatic carbocycles. The number of alkyl halides is 1. The molecule has 0 aromatic carbocycles. The summed E-state index contributed by atoms with van der Waals surface area (Å²) in [6, 6.07) is 0. The zero-order chi connectivity index (χ0) is 7.42. The molecule has 0 nitrogen and oxygen atoms in total. The highest BCUT2D eigenvalue weighted by molar-refractivity contribution is 9.09. The quantitative estimate of drug-likeness (QED) is 0.428. The van der Waals surface area contributed by atoms with Crippen molar-refractivity contribution in [1.29, 1.82) is 0 Å². The van der Waals surface area contributed by atoms with Gasteiger partial charge in [-0.25, -0.2) is 0 Å². The molecule has 60 valence electrons. The Kier molecular flexibility index (Phi) is 1.30. The number of hydrogen-bond donors (Lipinski definition) is 0. The molecular formula is C10H13Br. The van der Waals surface area contributed by atoms with Crippen LogP contribution in [0.5, 0.6) is 0 Å². The lowest BCUT2D eigenvalue weighted by molar-refractivity contribution is 0.371. The molecule has 3 aliphatic rings. The molecule has 11 heavy (non-hydrogen) atoms. The first-order valence-corrected chi connectivity index (χ1v) is 5.60. The number of allylic oxidation sites excluding steroid dienone is 2. The summed E-state index contributed by atoms with van der Waals surface area (Å²) in [6.07, 6.45) is 9.30. The summed E-state index contributed by atoms with van der Waals surface area (Å²) >= 11 is 3.81. The molecule has 5 atom stereocenters. The molecule has 0 aromatic rings. The number of rotatable bonds is 0. The van der Waals surface area contributed by atoms with Gasteiger partial charge in [0, 0.05) is 4.83 Å². The molecular weight excluding hydrogens is 200 g/mol. The summed E-state index contributed by atoms with van der Waals surface area (Å²) < 4.78 is 0. The Morgan fingerprint density at radius 2 is 1.91 bits per heavy atom.